The summed E-state index contributed by atoms with van der Waals surface area (Å²) in [5.41, 5.74) is 1.55. The van der Waals surface area contributed by atoms with Crippen molar-refractivity contribution in [3.05, 3.63) is 23.8 Å². The average Bonchev–Trinajstić information content (AvgIpc) is 2.17. The molecule has 68 valence electrons. The van der Waals surface area contributed by atoms with Gasteiger partial charge in [-0.05, 0) is 6.07 Å². The number of hydrogen-bond donors (Lipinski definition) is 2. The zero-order valence-electron chi connectivity index (χ0n) is 6.91. The molecule has 1 aliphatic heterocycles. The second kappa shape index (κ2) is 3.40. The lowest BCUT2D eigenvalue weighted by molar-refractivity contribution is -0.113. The van der Waals surface area contributed by atoms with Crippen LogP contribution in [0.5, 0.6) is 0 Å². The largest absolute Gasteiger partial charge is 0.392 e. The van der Waals surface area contributed by atoms with E-state index in [1.54, 1.807) is 0 Å². The molecular weight excluding hydrogens is 186 g/mol. The molecule has 0 saturated carbocycles. The zero-order chi connectivity index (χ0) is 9.26. The third kappa shape index (κ3) is 1.55. The maximum atomic E-state index is 11.1. The number of rotatable bonds is 1. The first-order chi connectivity index (χ1) is 6.31. The number of aliphatic hydroxyl groups excluding tert-OH is 1. The Bertz CT molecular complexity index is 337. The second-order valence-corrected chi connectivity index (χ2v) is 3.80. The summed E-state index contributed by atoms with van der Waals surface area (Å²) in [6, 6.07) is 5.64. The number of benzene rings is 1. The molecule has 0 fully saturated rings. The van der Waals surface area contributed by atoms with Gasteiger partial charge < -0.3 is 10.4 Å². The van der Waals surface area contributed by atoms with E-state index < -0.39 is 0 Å². The molecule has 0 radical (unpaired) electrons. The molecule has 0 aromatic heterocycles. The van der Waals surface area contributed by atoms with E-state index in [1.807, 2.05) is 18.2 Å². The topological polar surface area (TPSA) is 49.3 Å². The van der Waals surface area contributed by atoms with Gasteiger partial charge in [-0.15, -0.1) is 11.8 Å². The summed E-state index contributed by atoms with van der Waals surface area (Å²) in [5.74, 6) is 0.459. The Morgan fingerprint density at radius 2 is 2.38 bits per heavy atom. The Balaban J connectivity index is 2.46. The van der Waals surface area contributed by atoms with Crippen molar-refractivity contribution in [1.29, 1.82) is 0 Å². The fourth-order valence-electron chi connectivity index (χ4n) is 1.29. The van der Waals surface area contributed by atoms with Crippen LogP contribution in [0.25, 0.3) is 0 Å². The van der Waals surface area contributed by atoms with Crippen molar-refractivity contribution in [2.75, 3.05) is 11.1 Å². The second-order valence-electron chi connectivity index (χ2n) is 2.79. The third-order valence-electron chi connectivity index (χ3n) is 1.91. The maximum Gasteiger partial charge on any atom is 0.234 e. The van der Waals surface area contributed by atoms with Gasteiger partial charge >= 0.3 is 0 Å². The molecule has 2 rings (SSSR count). The molecule has 1 amide bonds. The highest BCUT2D eigenvalue weighted by Gasteiger charge is 2.17. The van der Waals surface area contributed by atoms with Crippen LogP contribution in [0.15, 0.2) is 23.1 Å². The molecule has 1 aliphatic rings. The minimum Gasteiger partial charge on any atom is -0.392 e. The number of anilines is 1. The number of carbonyl (C=O) groups is 1. The third-order valence-corrected chi connectivity index (χ3v) is 2.96. The quantitative estimate of drug-likeness (QED) is 0.708. The summed E-state index contributed by atoms with van der Waals surface area (Å²) in [6.07, 6.45) is 0. The summed E-state index contributed by atoms with van der Waals surface area (Å²) in [7, 11) is 0. The van der Waals surface area contributed by atoms with Gasteiger partial charge in [-0.3, -0.25) is 4.79 Å². The van der Waals surface area contributed by atoms with Crippen molar-refractivity contribution >= 4 is 23.4 Å². The van der Waals surface area contributed by atoms with Crippen LogP contribution >= 0.6 is 11.8 Å². The van der Waals surface area contributed by atoms with E-state index in [0.717, 1.165) is 16.1 Å². The Labute approximate surface area is 80.1 Å². The van der Waals surface area contributed by atoms with E-state index in [0.29, 0.717) is 5.75 Å². The summed E-state index contributed by atoms with van der Waals surface area (Å²) in [5, 5.41) is 11.8. The Morgan fingerprint density at radius 3 is 3.15 bits per heavy atom. The van der Waals surface area contributed by atoms with Crippen LogP contribution in [-0.4, -0.2) is 16.8 Å². The van der Waals surface area contributed by atoms with Crippen LogP contribution < -0.4 is 5.32 Å². The molecule has 2 N–H and O–H groups in total. The molecule has 1 aromatic carbocycles. The molecule has 0 saturated heterocycles. The average molecular weight is 195 g/mol. The molecule has 4 heteroatoms. The van der Waals surface area contributed by atoms with Gasteiger partial charge in [0, 0.05) is 10.5 Å². The van der Waals surface area contributed by atoms with Crippen molar-refractivity contribution in [3.63, 3.8) is 0 Å². The number of thioether (sulfide) groups is 1. The van der Waals surface area contributed by atoms with Crippen molar-refractivity contribution < 1.29 is 9.90 Å². The van der Waals surface area contributed by atoms with Crippen LogP contribution in [0, 0.1) is 0 Å². The summed E-state index contributed by atoms with van der Waals surface area (Å²) < 4.78 is 0. The van der Waals surface area contributed by atoms with Crippen molar-refractivity contribution in [2.24, 2.45) is 0 Å². The molecule has 1 heterocycles. The first kappa shape index (κ1) is 8.59. The minimum atomic E-state index is -0.0377. The SMILES string of the molecule is O=C1CSc2cccc(CO)c2N1. The molecular formula is C9H9NO2S. The van der Waals surface area contributed by atoms with Crippen LogP contribution in [-0.2, 0) is 11.4 Å². The highest BCUT2D eigenvalue weighted by molar-refractivity contribution is 8.00. The monoisotopic (exact) mass is 195 g/mol. The van der Waals surface area contributed by atoms with Crippen molar-refractivity contribution in [3.8, 4) is 0 Å². The number of fused-ring (bicyclic) bond motifs is 1. The highest BCUT2D eigenvalue weighted by atomic mass is 32.2. The first-order valence-electron chi connectivity index (χ1n) is 3.96. The molecule has 0 unspecified atom stereocenters. The Hall–Kier alpha value is -1.00. The summed E-state index contributed by atoms with van der Waals surface area (Å²) >= 11 is 1.50. The van der Waals surface area contributed by atoms with E-state index in [2.05, 4.69) is 5.32 Å². The minimum absolute atomic E-state index is 0.00148. The standard InChI is InChI=1S/C9H9NO2S/c11-4-6-2-1-3-7-9(6)10-8(12)5-13-7/h1-3,11H,4-5H2,(H,10,12). The lowest BCUT2D eigenvalue weighted by Gasteiger charge is -2.18. The van der Waals surface area contributed by atoms with Crippen LogP contribution in [0.3, 0.4) is 0 Å². The van der Waals surface area contributed by atoms with E-state index in [1.165, 1.54) is 11.8 Å². The summed E-state index contributed by atoms with van der Waals surface area (Å²) in [4.78, 5) is 12.1. The van der Waals surface area contributed by atoms with Gasteiger partial charge in [0.1, 0.15) is 0 Å². The predicted octanol–water partition coefficient (Wildman–Crippen LogP) is 1.22. The zero-order valence-corrected chi connectivity index (χ0v) is 7.73. The molecule has 0 aliphatic carbocycles. The summed E-state index contributed by atoms with van der Waals surface area (Å²) in [6.45, 7) is -0.0377. The Kier molecular flexibility index (Phi) is 2.24. The Morgan fingerprint density at radius 1 is 1.54 bits per heavy atom. The van der Waals surface area contributed by atoms with Gasteiger partial charge in [0.05, 0.1) is 18.0 Å². The van der Waals surface area contributed by atoms with Crippen molar-refractivity contribution in [1.82, 2.24) is 0 Å². The van der Waals surface area contributed by atoms with Gasteiger partial charge in [0.25, 0.3) is 0 Å². The lowest BCUT2D eigenvalue weighted by Crippen LogP contribution is -2.19. The number of nitrogens with one attached hydrogen (secondary N) is 1. The van der Waals surface area contributed by atoms with Gasteiger partial charge in [0.2, 0.25) is 5.91 Å². The molecule has 1 aromatic rings. The normalized spacial score (nSPS) is 15.0. The lowest BCUT2D eigenvalue weighted by atomic mass is 10.2. The highest BCUT2D eigenvalue weighted by Crippen LogP contribution is 2.33. The number of amides is 1. The molecule has 3 nitrogen and oxygen atoms in total. The van der Waals surface area contributed by atoms with Crippen LogP contribution in [0.1, 0.15) is 5.56 Å². The fourth-order valence-corrected chi connectivity index (χ4v) is 2.15. The van der Waals surface area contributed by atoms with E-state index in [-0.39, 0.29) is 12.5 Å². The fraction of sp³-hybridized carbons (Fsp3) is 0.222. The van der Waals surface area contributed by atoms with E-state index in [9.17, 15) is 4.79 Å². The maximum absolute atomic E-state index is 11.1. The van der Waals surface area contributed by atoms with E-state index in [4.69, 9.17) is 5.11 Å². The number of aliphatic hydroxyl groups is 1. The molecule has 0 spiro atoms. The van der Waals surface area contributed by atoms with Gasteiger partial charge in [0.15, 0.2) is 0 Å². The molecule has 0 atom stereocenters. The molecule has 0 bridgehead atoms. The van der Waals surface area contributed by atoms with Gasteiger partial charge in [-0.25, -0.2) is 0 Å². The van der Waals surface area contributed by atoms with Gasteiger partial charge in [-0.2, -0.15) is 0 Å². The van der Waals surface area contributed by atoms with Crippen LogP contribution in [0.4, 0.5) is 5.69 Å². The molecule has 13 heavy (non-hydrogen) atoms. The predicted molar refractivity (Wildman–Crippen MR) is 51.7 cm³/mol. The first-order valence-corrected chi connectivity index (χ1v) is 4.95. The number of para-hydroxylation sites is 1. The van der Waals surface area contributed by atoms with Crippen LogP contribution in [0.2, 0.25) is 0 Å². The number of hydrogen-bond acceptors (Lipinski definition) is 3. The number of carbonyl (C=O) groups excluding carboxylic acids is 1. The van der Waals surface area contributed by atoms with Crippen molar-refractivity contribution in [2.45, 2.75) is 11.5 Å². The van der Waals surface area contributed by atoms with Gasteiger partial charge in [-0.1, -0.05) is 12.1 Å². The smallest absolute Gasteiger partial charge is 0.234 e. The van der Waals surface area contributed by atoms with E-state index >= 15 is 0 Å².